The van der Waals surface area contributed by atoms with Gasteiger partial charge in [-0.3, -0.25) is 0 Å². The zero-order valence-corrected chi connectivity index (χ0v) is 10.9. The molecule has 0 aliphatic rings. The minimum Gasteiger partial charge on any atom is -0.313 e. The second kappa shape index (κ2) is 5.42. The molecule has 1 aromatic heterocycles. The highest BCUT2D eigenvalue weighted by molar-refractivity contribution is 6.31. The number of hydrogen-bond donors (Lipinski definition) is 1. The summed E-state index contributed by atoms with van der Waals surface area (Å²) in [5.41, 5.74) is 2.39. The predicted molar refractivity (Wildman–Crippen MR) is 69.9 cm³/mol. The molecule has 2 rings (SSSR count). The number of nitrogens with zero attached hydrogens (tertiary/aromatic N) is 2. The molecule has 94 valence electrons. The molecular formula is C13H13ClFN3. The standard InChI is InChI=1S/C13H13ClFN3/c1-8-5-12(18-13(17-8)7-16-2)9-3-4-11(15)10(14)6-9/h3-6,16H,7H2,1-2H3. The Balaban J connectivity index is 2.46. The van der Waals surface area contributed by atoms with E-state index < -0.39 is 5.82 Å². The first-order valence-electron chi connectivity index (χ1n) is 5.54. The van der Waals surface area contributed by atoms with E-state index >= 15 is 0 Å². The third kappa shape index (κ3) is 2.83. The monoisotopic (exact) mass is 265 g/mol. The van der Waals surface area contributed by atoms with Crippen molar-refractivity contribution in [3.63, 3.8) is 0 Å². The molecule has 1 heterocycles. The van der Waals surface area contributed by atoms with Crippen molar-refractivity contribution >= 4 is 11.6 Å². The number of nitrogens with one attached hydrogen (secondary N) is 1. The van der Waals surface area contributed by atoms with Crippen LogP contribution in [0.3, 0.4) is 0 Å². The smallest absolute Gasteiger partial charge is 0.143 e. The van der Waals surface area contributed by atoms with Gasteiger partial charge < -0.3 is 5.32 Å². The van der Waals surface area contributed by atoms with Crippen molar-refractivity contribution < 1.29 is 4.39 Å². The topological polar surface area (TPSA) is 37.8 Å². The average molecular weight is 266 g/mol. The zero-order valence-electron chi connectivity index (χ0n) is 10.2. The Kier molecular flexibility index (Phi) is 3.89. The SMILES string of the molecule is CNCc1nc(C)cc(-c2ccc(F)c(Cl)c2)n1. The highest BCUT2D eigenvalue weighted by Crippen LogP contribution is 2.23. The fourth-order valence-electron chi connectivity index (χ4n) is 1.67. The maximum atomic E-state index is 13.1. The molecule has 0 unspecified atom stereocenters. The van der Waals surface area contributed by atoms with E-state index in [1.165, 1.54) is 6.07 Å². The second-order valence-electron chi connectivity index (χ2n) is 3.97. The van der Waals surface area contributed by atoms with Gasteiger partial charge in [-0.15, -0.1) is 0 Å². The second-order valence-corrected chi connectivity index (χ2v) is 4.38. The van der Waals surface area contributed by atoms with Crippen LogP contribution in [0.4, 0.5) is 4.39 Å². The largest absolute Gasteiger partial charge is 0.313 e. The lowest BCUT2D eigenvalue weighted by Crippen LogP contribution is -2.10. The highest BCUT2D eigenvalue weighted by atomic mass is 35.5. The molecule has 18 heavy (non-hydrogen) atoms. The lowest BCUT2D eigenvalue weighted by atomic mass is 10.1. The third-order valence-electron chi connectivity index (χ3n) is 2.45. The molecule has 2 aromatic rings. The van der Waals surface area contributed by atoms with E-state index in [2.05, 4.69) is 15.3 Å². The summed E-state index contributed by atoms with van der Waals surface area (Å²) in [4.78, 5) is 8.72. The summed E-state index contributed by atoms with van der Waals surface area (Å²) in [7, 11) is 1.83. The van der Waals surface area contributed by atoms with Crippen molar-refractivity contribution in [1.82, 2.24) is 15.3 Å². The molecule has 0 aliphatic heterocycles. The fourth-order valence-corrected chi connectivity index (χ4v) is 1.85. The zero-order chi connectivity index (χ0) is 13.1. The molecule has 0 fully saturated rings. The van der Waals surface area contributed by atoms with Gasteiger partial charge in [0, 0.05) is 11.3 Å². The minimum atomic E-state index is -0.429. The van der Waals surface area contributed by atoms with Crippen LogP contribution < -0.4 is 5.32 Å². The summed E-state index contributed by atoms with van der Waals surface area (Å²) in [6.07, 6.45) is 0. The van der Waals surface area contributed by atoms with Crippen LogP contribution in [0.25, 0.3) is 11.3 Å². The summed E-state index contributed by atoms with van der Waals surface area (Å²) < 4.78 is 13.1. The van der Waals surface area contributed by atoms with Gasteiger partial charge in [-0.25, -0.2) is 14.4 Å². The van der Waals surface area contributed by atoms with Crippen molar-refractivity contribution in [2.45, 2.75) is 13.5 Å². The summed E-state index contributed by atoms with van der Waals surface area (Å²) in [6.45, 7) is 2.49. The molecule has 0 amide bonds. The number of benzene rings is 1. The van der Waals surface area contributed by atoms with Crippen molar-refractivity contribution in [3.05, 3.63) is 46.6 Å². The quantitative estimate of drug-likeness (QED) is 0.927. The molecule has 1 N–H and O–H groups in total. The van der Waals surface area contributed by atoms with E-state index in [9.17, 15) is 4.39 Å². The van der Waals surface area contributed by atoms with Crippen LogP contribution in [-0.2, 0) is 6.54 Å². The Morgan fingerprint density at radius 1 is 1.28 bits per heavy atom. The van der Waals surface area contributed by atoms with Crippen LogP contribution in [-0.4, -0.2) is 17.0 Å². The lowest BCUT2D eigenvalue weighted by molar-refractivity contribution is 0.628. The van der Waals surface area contributed by atoms with Crippen molar-refractivity contribution in [2.24, 2.45) is 0 Å². The van der Waals surface area contributed by atoms with E-state index in [1.54, 1.807) is 12.1 Å². The van der Waals surface area contributed by atoms with E-state index in [4.69, 9.17) is 11.6 Å². The van der Waals surface area contributed by atoms with Crippen molar-refractivity contribution in [1.29, 1.82) is 0 Å². The first-order valence-corrected chi connectivity index (χ1v) is 5.92. The Bertz CT molecular complexity index is 572. The molecule has 0 saturated carbocycles. The summed E-state index contributed by atoms with van der Waals surface area (Å²) in [5, 5.41) is 3.10. The number of hydrogen-bond acceptors (Lipinski definition) is 3. The van der Waals surface area contributed by atoms with E-state index in [-0.39, 0.29) is 5.02 Å². The molecule has 1 aromatic carbocycles. The summed E-state index contributed by atoms with van der Waals surface area (Å²) in [6, 6.07) is 6.42. The van der Waals surface area contributed by atoms with Crippen LogP contribution in [0, 0.1) is 12.7 Å². The lowest BCUT2D eigenvalue weighted by Gasteiger charge is -2.06. The Morgan fingerprint density at radius 2 is 2.06 bits per heavy atom. The van der Waals surface area contributed by atoms with Gasteiger partial charge in [0.25, 0.3) is 0 Å². The van der Waals surface area contributed by atoms with E-state index in [0.29, 0.717) is 12.4 Å². The Hall–Kier alpha value is -1.52. The van der Waals surface area contributed by atoms with Gasteiger partial charge in [-0.05, 0) is 38.2 Å². The number of halogens is 2. The Labute approximate surface area is 110 Å². The molecule has 0 aliphatic carbocycles. The maximum absolute atomic E-state index is 13.1. The van der Waals surface area contributed by atoms with Crippen LogP contribution >= 0.6 is 11.6 Å². The molecular weight excluding hydrogens is 253 g/mol. The van der Waals surface area contributed by atoms with Crippen molar-refractivity contribution in [2.75, 3.05) is 7.05 Å². The van der Waals surface area contributed by atoms with Crippen LogP contribution in [0.1, 0.15) is 11.5 Å². The fraction of sp³-hybridized carbons (Fsp3) is 0.231. The first-order chi connectivity index (χ1) is 8.60. The molecule has 0 radical (unpaired) electrons. The van der Waals surface area contributed by atoms with Gasteiger partial charge in [0.1, 0.15) is 11.6 Å². The van der Waals surface area contributed by atoms with Crippen LogP contribution in [0.5, 0.6) is 0 Å². The Morgan fingerprint density at radius 3 is 2.72 bits per heavy atom. The highest BCUT2D eigenvalue weighted by Gasteiger charge is 2.07. The molecule has 0 saturated heterocycles. The average Bonchev–Trinajstić information content (AvgIpc) is 2.32. The van der Waals surface area contributed by atoms with Gasteiger partial charge in [0.05, 0.1) is 17.3 Å². The van der Waals surface area contributed by atoms with Crippen LogP contribution in [0.15, 0.2) is 24.3 Å². The molecule has 3 nitrogen and oxygen atoms in total. The van der Waals surface area contributed by atoms with Crippen LogP contribution in [0.2, 0.25) is 5.02 Å². The van der Waals surface area contributed by atoms with E-state index in [1.807, 2.05) is 20.0 Å². The molecule has 0 bridgehead atoms. The van der Waals surface area contributed by atoms with E-state index in [0.717, 1.165) is 17.0 Å². The maximum Gasteiger partial charge on any atom is 0.143 e. The van der Waals surface area contributed by atoms with Crippen molar-refractivity contribution in [3.8, 4) is 11.3 Å². The minimum absolute atomic E-state index is 0.0962. The number of rotatable bonds is 3. The van der Waals surface area contributed by atoms with Gasteiger partial charge in [-0.2, -0.15) is 0 Å². The molecule has 5 heteroatoms. The number of aromatic nitrogens is 2. The predicted octanol–water partition coefficient (Wildman–Crippen LogP) is 2.96. The molecule has 0 spiro atoms. The first kappa shape index (κ1) is 12.9. The van der Waals surface area contributed by atoms with Gasteiger partial charge in [0.15, 0.2) is 0 Å². The van der Waals surface area contributed by atoms with Gasteiger partial charge >= 0.3 is 0 Å². The third-order valence-corrected chi connectivity index (χ3v) is 2.74. The summed E-state index contributed by atoms with van der Waals surface area (Å²) >= 11 is 5.77. The van der Waals surface area contributed by atoms with Gasteiger partial charge in [-0.1, -0.05) is 11.6 Å². The summed E-state index contributed by atoms with van der Waals surface area (Å²) in [5.74, 6) is 0.273. The number of aryl methyl sites for hydroxylation is 1. The normalized spacial score (nSPS) is 10.7. The molecule has 0 atom stereocenters. The van der Waals surface area contributed by atoms with Gasteiger partial charge in [0.2, 0.25) is 0 Å².